The summed E-state index contributed by atoms with van der Waals surface area (Å²) < 4.78 is 5.43. The maximum Gasteiger partial charge on any atom is 0.177 e. The highest BCUT2D eigenvalue weighted by Crippen LogP contribution is 2.18. The van der Waals surface area contributed by atoms with Crippen LogP contribution in [0.3, 0.4) is 0 Å². The summed E-state index contributed by atoms with van der Waals surface area (Å²) in [5, 5.41) is 3.95. The molecule has 21 heavy (non-hydrogen) atoms. The van der Waals surface area contributed by atoms with Crippen molar-refractivity contribution < 1.29 is 4.74 Å². The van der Waals surface area contributed by atoms with Crippen LogP contribution >= 0.6 is 12.2 Å². The van der Waals surface area contributed by atoms with Crippen molar-refractivity contribution in [1.82, 2.24) is 0 Å². The number of hydrogen-bond acceptors (Lipinski definition) is 2. The number of nitrogens with zero attached hydrogens (tertiary/aromatic N) is 1. The minimum atomic E-state index is 0.669. The highest BCUT2D eigenvalue weighted by Gasteiger charge is 2.09. The molecule has 1 N–H and O–H groups in total. The van der Waals surface area contributed by atoms with Gasteiger partial charge in [-0.1, -0.05) is 18.2 Å². The number of ether oxygens (including phenoxy) is 1. The van der Waals surface area contributed by atoms with Gasteiger partial charge in [-0.2, -0.15) is 0 Å². The fourth-order valence-corrected chi connectivity index (χ4v) is 2.40. The Kier molecular flexibility index (Phi) is 5.58. The average molecular weight is 300 g/mol. The van der Waals surface area contributed by atoms with E-state index in [0.29, 0.717) is 11.7 Å². The van der Waals surface area contributed by atoms with Gasteiger partial charge >= 0.3 is 0 Å². The molecule has 0 bridgehead atoms. The molecule has 0 saturated carbocycles. The maximum absolute atomic E-state index is 5.51. The van der Waals surface area contributed by atoms with Crippen LogP contribution in [0, 0.1) is 0 Å². The van der Waals surface area contributed by atoms with Crippen molar-refractivity contribution in [2.24, 2.45) is 0 Å². The van der Waals surface area contributed by atoms with Crippen LogP contribution < -0.4 is 15.0 Å². The van der Waals surface area contributed by atoms with E-state index >= 15 is 0 Å². The van der Waals surface area contributed by atoms with Gasteiger partial charge in [0.2, 0.25) is 0 Å². The first-order valence-corrected chi connectivity index (χ1v) is 7.51. The molecule has 0 spiro atoms. The van der Waals surface area contributed by atoms with Crippen molar-refractivity contribution >= 4 is 28.7 Å². The molecular formula is C17H20N2OS. The lowest BCUT2D eigenvalue weighted by atomic mass is 10.3. The SMILES string of the molecule is CCOc1ccc(NC(=S)N(CC)c2ccccc2)cc1. The molecule has 4 heteroatoms. The molecule has 0 aromatic heterocycles. The zero-order valence-electron chi connectivity index (χ0n) is 12.4. The first kappa shape index (κ1) is 15.3. The molecule has 0 aliphatic heterocycles. The molecule has 110 valence electrons. The molecule has 0 saturated heterocycles. The van der Waals surface area contributed by atoms with Crippen LogP contribution in [0.2, 0.25) is 0 Å². The van der Waals surface area contributed by atoms with Gasteiger partial charge in [-0.05, 0) is 62.5 Å². The zero-order valence-corrected chi connectivity index (χ0v) is 13.2. The highest BCUT2D eigenvalue weighted by atomic mass is 32.1. The van der Waals surface area contributed by atoms with Gasteiger partial charge in [0, 0.05) is 17.9 Å². The first-order chi connectivity index (χ1) is 10.2. The smallest absolute Gasteiger partial charge is 0.177 e. The van der Waals surface area contributed by atoms with Gasteiger partial charge in [-0.25, -0.2) is 0 Å². The number of para-hydroxylation sites is 1. The van der Waals surface area contributed by atoms with E-state index in [1.165, 1.54) is 0 Å². The summed E-state index contributed by atoms with van der Waals surface area (Å²) in [6.45, 7) is 5.54. The fraction of sp³-hybridized carbons (Fsp3) is 0.235. The van der Waals surface area contributed by atoms with E-state index in [-0.39, 0.29) is 0 Å². The van der Waals surface area contributed by atoms with E-state index in [4.69, 9.17) is 17.0 Å². The van der Waals surface area contributed by atoms with Gasteiger partial charge in [0.15, 0.2) is 5.11 Å². The molecule has 0 fully saturated rings. The molecule has 3 nitrogen and oxygen atoms in total. The van der Waals surface area contributed by atoms with E-state index in [2.05, 4.69) is 29.3 Å². The van der Waals surface area contributed by atoms with Gasteiger partial charge in [-0.3, -0.25) is 0 Å². The van der Waals surface area contributed by atoms with Crippen LogP contribution in [-0.4, -0.2) is 18.3 Å². The number of rotatable bonds is 5. The predicted molar refractivity (Wildman–Crippen MR) is 93.3 cm³/mol. The molecule has 0 atom stereocenters. The van der Waals surface area contributed by atoms with Crippen LogP contribution in [0.25, 0.3) is 0 Å². The lowest BCUT2D eigenvalue weighted by molar-refractivity contribution is 0.340. The standard InChI is InChI=1S/C17H20N2OS/c1-3-19(15-8-6-5-7-9-15)17(21)18-14-10-12-16(13-11-14)20-4-2/h5-13H,3-4H2,1-2H3,(H,18,21). The number of thiocarbonyl (C=S) groups is 1. The average Bonchev–Trinajstić information content (AvgIpc) is 2.51. The molecule has 2 aromatic rings. The molecule has 0 aliphatic rings. The predicted octanol–water partition coefficient (Wildman–Crippen LogP) is 4.31. The first-order valence-electron chi connectivity index (χ1n) is 7.11. The normalized spacial score (nSPS) is 10.0. The molecular weight excluding hydrogens is 280 g/mol. The molecule has 2 rings (SSSR count). The summed E-state index contributed by atoms with van der Waals surface area (Å²) in [7, 11) is 0. The maximum atomic E-state index is 5.51. The number of hydrogen-bond donors (Lipinski definition) is 1. The number of benzene rings is 2. The molecule has 0 aliphatic carbocycles. The molecule has 2 aromatic carbocycles. The number of nitrogens with one attached hydrogen (secondary N) is 1. The lowest BCUT2D eigenvalue weighted by Gasteiger charge is -2.24. The summed E-state index contributed by atoms with van der Waals surface area (Å²) in [6.07, 6.45) is 0. The van der Waals surface area contributed by atoms with Crippen LogP contribution in [-0.2, 0) is 0 Å². The monoisotopic (exact) mass is 300 g/mol. The van der Waals surface area contributed by atoms with Gasteiger partial charge in [0.05, 0.1) is 6.61 Å². The fourth-order valence-electron chi connectivity index (χ4n) is 2.04. The minimum absolute atomic E-state index is 0.669. The summed E-state index contributed by atoms with van der Waals surface area (Å²) in [6, 6.07) is 17.9. The quantitative estimate of drug-likeness (QED) is 0.832. The van der Waals surface area contributed by atoms with Gasteiger partial charge in [0.25, 0.3) is 0 Å². The van der Waals surface area contributed by atoms with Crippen molar-refractivity contribution in [2.45, 2.75) is 13.8 Å². The number of anilines is 2. The Bertz CT molecular complexity index is 569. The lowest BCUT2D eigenvalue weighted by Crippen LogP contribution is -2.34. The Balaban J connectivity index is 2.05. The Morgan fingerprint density at radius 1 is 1.05 bits per heavy atom. The molecule has 0 amide bonds. The van der Waals surface area contributed by atoms with E-state index in [0.717, 1.165) is 23.7 Å². The van der Waals surface area contributed by atoms with Crippen molar-refractivity contribution in [3.8, 4) is 5.75 Å². The summed E-state index contributed by atoms with van der Waals surface area (Å²) in [5.41, 5.74) is 2.04. The Morgan fingerprint density at radius 3 is 2.29 bits per heavy atom. The Hall–Kier alpha value is -2.07. The summed E-state index contributed by atoms with van der Waals surface area (Å²) in [5.74, 6) is 0.865. The highest BCUT2D eigenvalue weighted by molar-refractivity contribution is 7.80. The van der Waals surface area contributed by atoms with Crippen molar-refractivity contribution in [2.75, 3.05) is 23.4 Å². The zero-order chi connectivity index (χ0) is 15.1. The Labute approximate surface area is 131 Å². The second kappa shape index (κ2) is 7.64. The third-order valence-corrected chi connectivity index (χ3v) is 3.37. The van der Waals surface area contributed by atoms with E-state index in [9.17, 15) is 0 Å². The van der Waals surface area contributed by atoms with Crippen molar-refractivity contribution in [3.63, 3.8) is 0 Å². The van der Waals surface area contributed by atoms with Gasteiger partial charge in [-0.15, -0.1) is 0 Å². The van der Waals surface area contributed by atoms with E-state index in [1.807, 2.05) is 49.4 Å². The summed E-state index contributed by atoms with van der Waals surface area (Å²) >= 11 is 5.51. The third kappa shape index (κ3) is 4.20. The van der Waals surface area contributed by atoms with Crippen LogP contribution in [0.1, 0.15) is 13.8 Å². The molecule has 0 heterocycles. The van der Waals surface area contributed by atoms with Crippen molar-refractivity contribution in [3.05, 3.63) is 54.6 Å². The Morgan fingerprint density at radius 2 is 1.71 bits per heavy atom. The van der Waals surface area contributed by atoms with Crippen LogP contribution in [0.4, 0.5) is 11.4 Å². The minimum Gasteiger partial charge on any atom is -0.494 e. The van der Waals surface area contributed by atoms with E-state index in [1.54, 1.807) is 0 Å². The second-order valence-corrected chi connectivity index (χ2v) is 4.85. The van der Waals surface area contributed by atoms with E-state index < -0.39 is 0 Å². The van der Waals surface area contributed by atoms with Gasteiger partial charge < -0.3 is 15.0 Å². The molecule has 0 unspecified atom stereocenters. The van der Waals surface area contributed by atoms with Crippen LogP contribution in [0.15, 0.2) is 54.6 Å². The molecule has 0 radical (unpaired) electrons. The topological polar surface area (TPSA) is 24.5 Å². The second-order valence-electron chi connectivity index (χ2n) is 4.47. The van der Waals surface area contributed by atoms with Crippen LogP contribution in [0.5, 0.6) is 5.75 Å². The van der Waals surface area contributed by atoms with Crippen molar-refractivity contribution in [1.29, 1.82) is 0 Å². The largest absolute Gasteiger partial charge is 0.494 e. The summed E-state index contributed by atoms with van der Waals surface area (Å²) in [4.78, 5) is 2.06. The third-order valence-electron chi connectivity index (χ3n) is 3.05. The van der Waals surface area contributed by atoms with Gasteiger partial charge in [0.1, 0.15) is 5.75 Å².